The lowest BCUT2D eigenvalue weighted by Gasteiger charge is -2.31. The number of fused-ring (bicyclic) bond motifs is 5. The maximum Gasteiger partial charge on any atom is 0.343 e. The molecule has 3 aliphatic heterocycles. The van der Waals surface area contributed by atoms with Gasteiger partial charge in [-0.1, -0.05) is 6.92 Å². The molecule has 12 nitrogen and oxygen atoms in total. The zero-order valence-electron chi connectivity index (χ0n) is 26.0. The van der Waals surface area contributed by atoms with E-state index in [0.29, 0.717) is 48.3 Å². The lowest BCUT2D eigenvalue weighted by atomic mass is 9.81. The van der Waals surface area contributed by atoms with E-state index in [2.05, 4.69) is 10.6 Å². The van der Waals surface area contributed by atoms with Crippen molar-refractivity contribution < 1.29 is 33.4 Å². The van der Waals surface area contributed by atoms with E-state index >= 15 is 4.39 Å². The van der Waals surface area contributed by atoms with E-state index in [1.54, 1.807) is 31.9 Å². The van der Waals surface area contributed by atoms with Crippen LogP contribution >= 0.6 is 0 Å². The van der Waals surface area contributed by atoms with Crippen molar-refractivity contribution in [3.63, 3.8) is 0 Å². The molecule has 1 unspecified atom stereocenters. The minimum Gasteiger partial charge on any atom is -0.458 e. The molecule has 3 atom stereocenters. The number of hydrogen-bond donors (Lipinski definition) is 3. The molecule has 0 spiro atoms. The molecule has 3 aromatic rings. The van der Waals surface area contributed by atoms with E-state index < -0.39 is 35.2 Å². The summed E-state index contributed by atoms with van der Waals surface area (Å²) in [7, 11) is 1.70. The quantitative estimate of drug-likeness (QED) is 0.259. The normalized spacial score (nSPS) is 22.8. The van der Waals surface area contributed by atoms with Crippen molar-refractivity contribution in [1.82, 2.24) is 25.1 Å². The molecule has 2 amide bonds. The highest BCUT2D eigenvalue weighted by Crippen LogP contribution is 2.46. The second kappa shape index (κ2) is 11.2. The number of likely N-dealkylation sites (N-methyl/N-ethyl adjacent to an activating group) is 1. The maximum absolute atomic E-state index is 15.2. The molecule has 1 saturated heterocycles. The number of nitrogens with one attached hydrogen (secondary N) is 2. The SMILES string of the molecule is CC[C@@]1(O)C(=O)OCc2c1cc1n(c2=O)Cc2c-1nc1cc(F)c(C)c3c1c2[C@@H](NC(=O)COC1CCCN1C(=O)CNC)CC3. The predicted molar refractivity (Wildman–Crippen MR) is 163 cm³/mol. The highest BCUT2D eigenvalue weighted by Gasteiger charge is 2.46. The maximum atomic E-state index is 15.2. The largest absolute Gasteiger partial charge is 0.458 e. The van der Waals surface area contributed by atoms with Gasteiger partial charge in [-0.25, -0.2) is 14.2 Å². The number of carbonyl (C=O) groups excluding carboxylic acids is 3. The van der Waals surface area contributed by atoms with E-state index in [4.69, 9.17) is 14.5 Å². The Balaban J connectivity index is 1.27. The van der Waals surface area contributed by atoms with Crippen LogP contribution in [0.5, 0.6) is 0 Å². The van der Waals surface area contributed by atoms with Gasteiger partial charge in [0.1, 0.15) is 25.3 Å². The number of esters is 1. The Bertz CT molecular complexity index is 1890. The number of cyclic esters (lactones) is 1. The molecule has 5 heterocycles. The third-order valence-electron chi connectivity index (χ3n) is 9.97. The standard InChI is InChI=1S/C33H36FN5O7/c1-4-33(44)20-10-24-30-18(13-39(24)31(42)19(20)14-46-32(33)43)29-22(8-7-17-16(2)21(34)11-23(37-30)28(17)29)36-25(40)15-45-27-6-5-9-38(27)26(41)12-35-3/h10-11,22,27,35,44H,4-9,12-15H2,1-3H3,(H,36,40)/t22-,27?,33-/m0/s1. The molecule has 1 aromatic carbocycles. The molecule has 4 aliphatic rings. The number of aryl methyl sites for hydroxylation is 1. The summed E-state index contributed by atoms with van der Waals surface area (Å²) in [6.07, 6.45) is 1.97. The number of rotatable bonds is 7. The molecule has 0 bridgehead atoms. The predicted octanol–water partition coefficient (Wildman–Crippen LogP) is 1.82. The molecule has 1 aliphatic carbocycles. The monoisotopic (exact) mass is 633 g/mol. The van der Waals surface area contributed by atoms with Crippen molar-refractivity contribution in [2.75, 3.05) is 26.7 Å². The van der Waals surface area contributed by atoms with Crippen LogP contribution in [0.4, 0.5) is 4.39 Å². The summed E-state index contributed by atoms with van der Waals surface area (Å²) < 4.78 is 27.8. The Morgan fingerprint density at radius 2 is 2.02 bits per heavy atom. The Morgan fingerprint density at radius 1 is 1.22 bits per heavy atom. The fourth-order valence-electron chi connectivity index (χ4n) is 7.55. The van der Waals surface area contributed by atoms with Gasteiger partial charge in [-0.3, -0.25) is 14.4 Å². The van der Waals surface area contributed by atoms with E-state index in [-0.39, 0.29) is 55.7 Å². The number of likely N-dealkylation sites (tertiary alicyclic amines) is 1. The average molecular weight is 634 g/mol. The first-order chi connectivity index (χ1) is 22.1. The van der Waals surface area contributed by atoms with Crippen molar-refractivity contribution >= 4 is 28.7 Å². The van der Waals surface area contributed by atoms with Crippen molar-refractivity contribution in [2.45, 2.75) is 77.0 Å². The topological polar surface area (TPSA) is 152 Å². The summed E-state index contributed by atoms with van der Waals surface area (Å²) in [6, 6.07) is 2.52. The van der Waals surface area contributed by atoms with Crippen molar-refractivity contribution in [1.29, 1.82) is 0 Å². The zero-order chi connectivity index (χ0) is 32.5. The van der Waals surface area contributed by atoms with Crippen LogP contribution in [0.1, 0.15) is 72.0 Å². The summed E-state index contributed by atoms with van der Waals surface area (Å²) >= 11 is 0. The Hall–Kier alpha value is -4.20. The number of aromatic nitrogens is 2. The van der Waals surface area contributed by atoms with Crippen LogP contribution < -0.4 is 16.2 Å². The van der Waals surface area contributed by atoms with Crippen LogP contribution in [0, 0.1) is 12.7 Å². The van der Waals surface area contributed by atoms with Crippen LogP contribution in [0.15, 0.2) is 16.9 Å². The first-order valence-electron chi connectivity index (χ1n) is 15.7. The smallest absolute Gasteiger partial charge is 0.343 e. The summed E-state index contributed by atoms with van der Waals surface area (Å²) in [4.78, 5) is 58.7. The van der Waals surface area contributed by atoms with Crippen molar-refractivity contribution in [2.24, 2.45) is 0 Å². The summed E-state index contributed by atoms with van der Waals surface area (Å²) in [5, 5.41) is 18.0. The van der Waals surface area contributed by atoms with Crippen LogP contribution in [0.3, 0.4) is 0 Å². The third kappa shape index (κ3) is 4.55. The molecular formula is C33H36FN5O7. The second-order valence-electron chi connectivity index (χ2n) is 12.5. The van der Waals surface area contributed by atoms with Crippen molar-refractivity contribution in [3.8, 4) is 11.4 Å². The Morgan fingerprint density at radius 3 is 2.78 bits per heavy atom. The summed E-state index contributed by atoms with van der Waals surface area (Å²) in [6.45, 7) is 3.78. The molecular weight excluding hydrogens is 597 g/mol. The third-order valence-corrected chi connectivity index (χ3v) is 9.97. The molecule has 1 fully saturated rings. The molecule has 7 rings (SSSR count). The van der Waals surface area contributed by atoms with Crippen LogP contribution in [-0.2, 0) is 49.0 Å². The van der Waals surface area contributed by atoms with E-state index in [1.807, 2.05) is 0 Å². The number of ether oxygens (including phenoxy) is 2. The van der Waals surface area contributed by atoms with Gasteiger partial charge in [-0.05, 0) is 68.8 Å². The minimum absolute atomic E-state index is 0.0112. The van der Waals surface area contributed by atoms with Gasteiger partial charge in [0.25, 0.3) is 5.56 Å². The molecule has 0 radical (unpaired) electrons. The highest BCUT2D eigenvalue weighted by molar-refractivity contribution is 5.94. The number of hydrogen-bond acceptors (Lipinski definition) is 9. The molecule has 13 heteroatoms. The fraction of sp³-hybridized carbons (Fsp3) is 0.485. The van der Waals surface area contributed by atoms with Gasteiger partial charge in [0.15, 0.2) is 5.60 Å². The van der Waals surface area contributed by atoms with Crippen LogP contribution in [-0.4, -0.2) is 70.3 Å². The Kier molecular flexibility index (Phi) is 7.45. The number of pyridine rings is 2. The Labute approximate surface area is 263 Å². The number of benzene rings is 1. The van der Waals surface area contributed by atoms with Gasteiger partial charge >= 0.3 is 5.97 Å². The highest BCUT2D eigenvalue weighted by atomic mass is 19.1. The van der Waals surface area contributed by atoms with Crippen LogP contribution in [0.2, 0.25) is 0 Å². The summed E-state index contributed by atoms with van der Waals surface area (Å²) in [5.41, 5.74) is 2.09. The zero-order valence-corrected chi connectivity index (χ0v) is 26.0. The van der Waals surface area contributed by atoms with E-state index in [9.17, 15) is 24.3 Å². The molecule has 0 saturated carbocycles. The van der Waals surface area contributed by atoms with Gasteiger partial charge < -0.3 is 34.7 Å². The first kappa shape index (κ1) is 30.5. The first-order valence-corrected chi connectivity index (χ1v) is 15.7. The summed E-state index contributed by atoms with van der Waals surface area (Å²) in [5.74, 6) is -1.65. The number of carbonyl (C=O) groups is 3. The second-order valence-corrected chi connectivity index (χ2v) is 12.5. The molecule has 3 N–H and O–H groups in total. The van der Waals surface area contributed by atoms with Gasteiger partial charge in [-0.15, -0.1) is 0 Å². The molecule has 2 aromatic heterocycles. The molecule has 242 valence electrons. The number of halogens is 1. The number of amides is 2. The van der Waals surface area contributed by atoms with E-state index in [1.165, 1.54) is 10.6 Å². The lowest BCUT2D eigenvalue weighted by Crippen LogP contribution is -2.44. The fourth-order valence-corrected chi connectivity index (χ4v) is 7.55. The van der Waals surface area contributed by atoms with Gasteiger partial charge in [0, 0.05) is 29.1 Å². The number of aliphatic hydroxyl groups is 1. The van der Waals surface area contributed by atoms with Crippen molar-refractivity contribution in [3.05, 3.63) is 61.7 Å². The van der Waals surface area contributed by atoms with Gasteiger partial charge in [0.05, 0.1) is 41.6 Å². The van der Waals surface area contributed by atoms with Gasteiger partial charge in [-0.2, -0.15) is 0 Å². The van der Waals surface area contributed by atoms with Gasteiger partial charge in [0.2, 0.25) is 11.8 Å². The van der Waals surface area contributed by atoms with Crippen LogP contribution in [0.25, 0.3) is 22.3 Å². The molecule has 46 heavy (non-hydrogen) atoms. The average Bonchev–Trinajstić information content (AvgIpc) is 3.66. The lowest BCUT2D eigenvalue weighted by molar-refractivity contribution is -0.172. The minimum atomic E-state index is -1.98. The van der Waals surface area contributed by atoms with E-state index in [0.717, 1.165) is 28.5 Å². The number of nitrogens with zero attached hydrogens (tertiary/aromatic N) is 3.